The molecule has 2 atom stereocenters. The molecule has 0 aliphatic heterocycles. The third-order valence-electron chi connectivity index (χ3n) is 3.08. The molecule has 1 saturated carbocycles. The van der Waals surface area contributed by atoms with Crippen LogP contribution in [0.3, 0.4) is 0 Å². The largest absolute Gasteiger partial charge is 0.391 e. The Morgan fingerprint density at radius 2 is 2.12 bits per heavy atom. The second kappa shape index (κ2) is 5.05. The van der Waals surface area contributed by atoms with Crippen LogP contribution in [0.5, 0.6) is 0 Å². The van der Waals surface area contributed by atoms with E-state index in [-0.39, 0.29) is 12.1 Å². The van der Waals surface area contributed by atoms with Gasteiger partial charge in [-0.05, 0) is 19.1 Å². The van der Waals surface area contributed by atoms with Crippen LogP contribution in [0.1, 0.15) is 38.1 Å². The Kier molecular flexibility index (Phi) is 3.70. The summed E-state index contributed by atoms with van der Waals surface area (Å²) < 4.78 is 1.70. The van der Waals surface area contributed by atoms with Crippen LogP contribution < -0.4 is 5.73 Å². The number of rotatable bonds is 2. The number of nitrogens with two attached hydrogens (primary N) is 1. The lowest BCUT2D eigenvalue weighted by Gasteiger charge is -2.20. The normalized spacial score (nSPS) is 26.6. The lowest BCUT2D eigenvalue weighted by atomic mass is 10.1. The van der Waals surface area contributed by atoms with Crippen molar-refractivity contribution in [2.45, 2.75) is 49.4 Å². The quantitative estimate of drug-likeness (QED) is 0.606. The lowest BCUT2D eigenvalue weighted by molar-refractivity contribution is 0.0995. The molecule has 90 valence electrons. The minimum Gasteiger partial charge on any atom is -0.391 e. The van der Waals surface area contributed by atoms with Gasteiger partial charge in [0.05, 0.1) is 12.1 Å². The maximum Gasteiger partial charge on any atom is 0.219 e. The number of aromatic nitrogens is 3. The number of aliphatic hydroxyl groups is 1. The van der Waals surface area contributed by atoms with Crippen LogP contribution in [-0.4, -0.2) is 32.2 Å². The van der Waals surface area contributed by atoms with Gasteiger partial charge in [-0.25, -0.2) is 4.68 Å². The van der Waals surface area contributed by atoms with Crippen LogP contribution in [0.25, 0.3) is 0 Å². The van der Waals surface area contributed by atoms with E-state index in [4.69, 9.17) is 5.73 Å². The van der Waals surface area contributed by atoms with Gasteiger partial charge < -0.3 is 10.8 Å². The molecule has 1 aromatic rings. The van der Waals surface area contributed by atoms with Gasteiger partial charge in [-0.15, -0.1) is 5.10 Å². The van der Waals surface area contributed by atoms with E-state index in [2.05, 4.69) is 10.1 Å². The molecule has 2 rings (SSSR count). The smallest absolute Gasteiger partial charge is 0.219 e. The van der Waals surface area contributed by atoms with Gasteiger partial charge in [-0.1, -0.05) is 31.0 Å². The van der Waals surface area contributed by atoms with Crippen molar-refractivity contribution in [3.63, 3.8) is 0 Å². The number of hydrogen-bond acceptors (Lipinski definition) is 5. The molecular formula is C10H18N4OS. The number of anilines is 1. The fourth-order valence-electron chi connectivity index (χ4n) is 2.20. The van der Waals surface area contributed by atoms with Gasteiger partial charge in [0.2, 0.25) is 11.1 Å². The van der Waals surface area contributed by atoms with Crippen LogP contribution in [0, 0.1) is 0 Å². The minimum absolute atomic E-state index is 0.00380. The summed E-state index contributed by atoms with van der Waals surface area (Å²) in [5.41, 5.74) is 5.83. The molecule has 1 aliphatic carbocycles. The highest BCUT2D eigenvalue weighted by atomic mass is 32.2. The molecule has 1 heterocycles. The van der Waals surface area contributed by atoms with Gasteiger partial charge in [0.15, 0.2) is 0 Å². The van der Waals surface area contributed by atoms with Crippen LogP contribution >= 0.6 is 11.8 Å². The van der Waals surface area contributed by atoms with Gasteiger partial charge in [0, 0.05) is 0 Å². The summed E-state index contributed by atoms with van der Waals surface area (Å²) >= 11 is 1.47. The standard InChI is InChI=1S/C10H18N4OS/c1-16-10-12-9(11)14(13-10)7-5-3-2-4-6-8(7)15/h7-8,15H,2-6H2,1H3,(H2,11,12,13). The molecular weight excluding hydrogens is 224 g/mol. The molecule has 3 N–H and O–H groups in total. The SMILES string of the molecule is CSc1nc(N)n(C2CCCCCC2O)n1. The summed E-state index contributed by atoms with van der Waals surface area (Å²) in [6.07, 6.45) is 6.72. The number of aliphatic hydroxyl groups excluding tert-OH is 1. The van der Waals surface area contributed by atoms with Crippen LogP contribution in [0.4, 0.5) is 5.95 Å². The summed E-state index contributed by atoms with van der Waals surface area (Å²) in [5, 5.41) is 15.1. The van der Waals surface area contributed by atoms with Crippen molar-refractivity contribution in [3.05, 3.63) is 0 Å². The second-order valence-corrected chi connectivity index (χ2v) is 4.95. The lowest BCUT2D eigenvalue weighted by Crippen LogP contribution is -2.25. The fraction of sp³-hybridized carbons (Fsp3) is 0.800. The first kappa shape index (κ1) is 11.7. The molecule has 6 heteroatoms. The van der Waals surface area contributed by atoms with Crippen molar-refractivity contribution in [3.8, 4) is 0 Å². The average molecular weight is 242 g/mol. The van der Waals surface area contributed by atoms with E-state index in [0.717, 1.165) is 25.7 Å². The van der Waals surface area contributed by atoms with Crippen LogP contribution in [-0.2, 0) is 0 Å². The fourth-order valence-corrected chi connectivity index (χ4v) is 2.55. The Balaban J connectivity index is 2.22. The summed E-state index contributed by atoms with van der Waals surface area (Å²) in [7, 11) is 0. The zero-order chi connectivity index (χ0) is 11.5. The molecule has 0 radical (unpaired) electrons. The predicted molar refractivity (Wildman–Crippen MR) is 64.3 cm³/mol. The van der Waals surface area contributed by atoms with Gasteiger partial charge >= 0.3 is 0 Å². The number of nitrogens with zero attached hydrogens (tertiary/aromatic N) is 3. The topological polar surface area (TPSA) is 77.0 Å². The molecule has 0 aromatic carbocycles. The Hall–Kier alpha value is -0.750. The van der Waals surface area contributed by atoms with Gasteiger partial charge in [0.1, 0.15) is 0 Å². The van der Waals surface area contributed by atoms with Crippen molar-refractivity contribution in [1.82, 2.24) is 14.8 Å². The highest BCUT2D eigenvalue weighted by Gasteiger charge is 2.26. The van der Waals surface area contributed by atoms with E-state index >= 15 is 0 Å². The molecule has 0 spiro atoms. The second-order valence-electron chi connectivity index (χ2n) is 4.17. The Labute approximate surface area is 99.4 Å². The highest BCUT2D eigenvalue weighted by Crippen LogP contribution is 2.29. The van der Waals surface area contributed by atoms with Gasteiger partial charge in [-0.3, -0.25) is 0 Å². The molecule has 1 aromatic heterocycles. The highest BCUT2D eigenvalue weighted by molar-refractivity contribution is 7.98. The number of hydrogen-bond donors (Lipinski definition) is 2. The molecule has 0 bridgehead atoms. The van der Waals surface area contributed by atoms with E-state index in [1.54, 1.807) is 4.68 Å². The summed E-state index contributed by atoms with van der Waals surface area (Å²) in [4.78, 5) is 4.15. The van der Waals surface area contributed by atoms with Crippen molar-refractivity contribution in [1.29, 1.82) is 0 Å². The third kappa shape index (κ3) is 2.32. The van der Waals surface area contributed by atoms with Gasteiger partial charge in [-0.2, -0.15) is 4.98 Å². The maximum absolute atomic E-state index is 10.1. The van der Waals surface area contributed by atoms with Crippen molar-refractivity contribution >= 4 is 17.7 Å². The van der Waals surface area contributed by atoms with Crippen molar-refractivity contribution in [2.75, 3.05) is 12.0 Å². The molecule has 1 fully saturated rings. The molecule has 2 unspecified atom stereocenters. The average Bonchev–Trinajstić information content (AvgIpc) is 2.51. The molecule has 0 saturated heterocycles. The van der Waals surface area contributed by atoms with Crippen LogP contribution in [0.15, 0.2) is 5.16 Å². The number of thioether (sulfide) groups is 1. The van der Waals surface area contributed by atoms with E-state index in [1.165, 1.54) is 18.2 Å². The predicted octanol–water partition coefficient (Wildman–Crippen LogP) is 1.45. The maximum atomic E-state index is 10.1. The Morgan fingerprint density at radius 3 is 2.81 bits per heavy atom. The molecule has 0 amide bonds. The third-order valence-corrected chi connectivity index (χ3v) is 3.62. The minimum atomic E-state index is -0.346. The first-order chi connectivity index (χ1) is 7.72. The Bertz CT molecular complexity index is 355. The molecule has 16 heavy (non-hydrogen) atoms. The number of nitrogen functional groups attached to an aromatic ring is 1. The monoisotopic (exact) mass is 242 g/mol. The van der Waals surface area contributed by atoms with E-state index in [1.807, 2.05) is 6.26 Å². The van der Waals surface area contributed by atoms with Crippen molar-refractivity contribution < 1.29 is 5.11 Å². The van der Waals surface area contributed by atoms with E-state index in [0.29, 0.717) is 11.1 Å². The van der Waals surface area contributed by atoms with E-state index in [9.17, 15) is 5.11 Å². The zero-order valence-electron chi connectivity index (χ0n) is 9.46. The van der Waals surface area contributed by atoms with Gasteiger partial charge in [0.25, 0.3) is 0 Å². The zero-order valence-corrected chi connectivity index (χ0v) is 10.3. The summed E-state index contributed by atoms with van der Waals surface area (Å²) in [6, 6.07) is -0.00380. The summed E-state index contributed by atoms with van der Waals surface area (Å²) in [5.74, 6) is 0.412. The first-order valence-electron chi connectivity index (χ1n) is 5.66. The molecule has 5 nitrogen and oxygen atoms in total. The summed E-state index contributed by atoms with van der Waals surface area (Å²) in [6.45, 7) is 0. The van der Waals surface area contributed by atoms with Crippen molar-refractivity contribution in [2.24, 2.45) is 0 Å². The van der Waals surface area contributed by atoms with Crippen LogP contribution in [0.2, 0.25) is 0 Å². The first-order valence-corrected chi connectivity index (χ1v) is 6.89. The molecule has 1 aliphatic rings. The van der Waals surface area contributed by atoms with E-state index < -0.39 is 0 Å². The Morgan fingerprint density at radius 1 is 1.38 bits per heavy atom.